The number of hydrogen-bond acceptors (Lipinski definition) is 5. The standard InChI is InChI=1S/C30H31N5O4/c36-27(32-14-1-2-15-32)23-10-8-22(9-11-23)24-5-3-6-25(19-24)28(37)33-17-12-30(39,13-18-33)20-34-21-31-35-16-4-7-26(35)29(34)38/h3-11,16,19,21,39H,1-2,12-15,17-18,20H2. The molecule has 2 saturated heterocycles. The molecule has 2 aliphatic rings. The van der Waals surface area contributed by atoms with E-state index in [1.807, 2.05) is 47.4 Å². The smallest absolute Gasteiger partial charge is 0.277 e. The normalized spacial score (nSPS) is 17.1. The summed E-state index contributed by atoms with van der Waals surface area (Å²) in [5, 5.41) is 15.4. The Balaban J connectivity index is 1.11. The molecule has 2 fully saturated rings. The van der Waals surface area contributed by atoms with Gasteiger partial charge in [0, 0.05) is 43.5 Å². The number of likely N-dealkylation sites (tertiary alicyclic amines) is 2. The van der Waals surface area contributed by atoms with Gasteiger partial charge >= 0.3 is 0 Å². The van der Waals surface area contributed by atoms with Gasteiger partial charge < -0.3 is 14.9 Å². The maximum absolute atomic E-state index is 13.3. The van der Waals surface area contributed by atoms with Gasteiger partial charge in [-0.05, 0) is 73.2 Å². The molecule has 0 aliphatic carbocycles. The van der Waals surface area contributed by atoms with Crippen molar-refractivity contribution >= 4 is 17.3 Å². The average Bonchev–Trinajstić information content (AvgIpc) is 3.68. The van der Waals surface area contributed by atoms with Crippen molar-refractivity contribution in [3.05, 3.63) is 94.7 Å². The highest BCUT2D eigenvalue weighted by molar-refractivity contribution is 5.96. The first-order valence-corrected chi connectivity index (χ1v) is 13.4. The monoisotopic (exact) mass is 525 g/mol. The van der Waals surface area contributed by atoms with Crippen LogP contribution in [0.2, 0.25) is 0 Å². The minimum Gasteiger partial charge on any atom is -0.388 e. The number of fused-ring (bicyclic) bond motifs is 1. The molecule has 0 unspecified atom stereocenters. The van der Waals surface area contributed by atoms with Crippen LogP contribution in [-0.2, 0) is 6.54 Å². The molecule has 0 radical (unpaired) electrons. The number of aliphatic hydroxyl groups is 1. The minimum atomic E-state index is -1.09. The summed E-state index contributed by atoms with van der Waals surface area (Å²) < 4.78 is 2.96. The summed E-state index contributed by atoms with van der Waals surface area (Å²) in [6.07, 6.45) is 6.00. The van der Waals surface area contributed by atoms with E-state index in [4.69, 9.17) is 0 Å². The van der Waals surface area contributed by atoms with E-state index in [0.717, 1.165) is 37.1 Å². The van der Waals surface area contributed by atoms with Gasteiger partial charge in [-0.2, -0.15) is 5.10 Å². The Labute approximate surface area is 225 Å². The Morgan fingerprint density at radius 1 is 0.821 bits per heavy atom. The van der Waals surface area contributed by atoms with Crippen LogP contribution in [0.15, 0.2) is 78.0 Å². The highest BCUT2D eigenvalue weighted by Gasteiger charge is 2.35. The molecule has 0 spiro atoms. The van der Waals surface area contributed by atoms with Crippen LogP contribution in [0.5, 0.6) is 0 Å². The van der Waals surface area contributed by atoms with Crippen LogP contribution in [0.25, 0.3) is 16.6 Å². The van der Waals surface area contributed by atoms with E-state index in [2.05, 4.69) is 5.10 Å². The zero-order valence-electron chi connectivity index (χ0n) is 21.7. The Bertz CT molecular complexity index is 1570. The summed E-state index contributed by atoms with van der Waals surface area (Å²) >= 11 is 0. The lowest BCUT2D eigenvalue weighted by atomic mass is 9.90. The number of nitrogens with zero attached hydrogens (tertiary/aromatic N) is 5. The number of amides is 2. The molecule has 2 aromatic heterocycles. The lowest BCUT2D eigenvalue weighted by molar-refractivity contribution is -0.0300. The number of carbonyl (C=O) groups excluding carboxylic acids is 2. The maximum atomic E-state index is 13.3. The molecule has 2 aromatic carbocycles. The number of rotatable bonds is 5. The molecule has 2 amide bonds. The third-order valence-corrected chi connectivity index (χ3v) is 7.94. The molecule has 9 nitrogen and oxygen atoms in total. The van der Waals surface area contributed by atoms with E-state index in [1.165, 1.54) is 15.4 Å². The summed E-state index contributed by atoms with van der Waals surface area (Å²) in [6.45, 7) is 2.55. The molecule has 0 bridgehead atoms. The van der Waals surface area contributed by atoms with Crippen molar-refractivity contribution in [1.29, 1.82) is 0 Å². The highest BCUT2D eigenvalue weighted by Crippen LogP contribution is 2.27. The van der Waals surface area contributed by atoms with E-state index in [-0.39, 0.29) is 23.9 Å². The molecule has 200 valence electrons. The molecule has 0 atom stereocenters. The Morgan fingerprint density at radius 3 is 2.26 bits per heavy atom. The second-order valence-electron chi connectivity index (χ2n) is 10.6. The van der Waals surface area contributed by atoms with E-state index in [0.29, 0.717) is 42.6 Å². The summed E-state index contributed by atoms with van der Waals surface area (Å²) in [5.74, 6) is -0.0206. The van der Waals surface area contributed by atoms with Crippen LogP contribution >= 0.6 is 0 Å². The molecular formula is C30H31N5O4. The summed E-state index contributed by atoms with van der Waals surface area (Å²) in [5.41, 5.74) is 2.27. The fourth-order valence-corrected chi connectivity index (χ4v) is 5.60. The van der Waals surface area contributed by atoms with E-state index < -0.39 is 5.60 Å². The first-order chi connectivity index (χ1) is 18.9. The first-order valence-electron chi connectivity index (χ1n) is 13.4. The van der Waals surface area contributed by atoms with Crippen molar-refractivity contribution < 1.29 is 14.7 Å². The van der Waals surface area contributed by atoms with Crippen molar-refractivity contribution in [3.8, 4) is 11.1 Å². The summed E-state index contributed by atoms with van der Waals surface area (Å²) in [7, 11) is 0. The van der Waals surface area contributed by atoms with Crippen molar-refractivity contribution in [1.82, 2.24) is 24.0 Å². The third-order valence-electron chi connectivity index (χ3n) is 7.94. The number of benzene rings is 2. The third kappa shape index (κ3) is 4.97. The van der Waals surface area contributed by atoms with Crippen molar-refractivity contribution in [2.24, 2.45) is 0 Å². The predicted octanol–water partition coefficient (Wildman–Crippen LogP) is 3.07. The van der Waals surface area contributed by atoms with Gasteiger partial charge in [-0.15, -0.1) is 0 Å². The van der Waals surface area contributed by atoms with Crippen molar-refractivity contribution in [2.75, 3.05) is 26.2 Å². The van der Waals surface area contributed by atoms with E-state index in [9.17, 15) is 19.5 Å². The summed E-state index contributed by atoms with van der Waals surface area (Å²) in [6, 6.07) is 18.5. The predicted molar refractivity (Wildman–Crippen MR) is 147 cm³/mol. The van der Waals surface area contributed by atoms with Gasteiger partial charge in [-0.3, -0.25) is 19.0 Å². The minimum absolute atomic E-state index is 0.0691. The van der Waals surface area contributed by atoms with Gasteiger partial charge in [-0.1, -0.05) is 24.3 Å². The second-order valence-corrected chi connectivity index (χ2v) is 10.6. The molecule has 0 saturated carbocycles. The van der Waals surface area contributed by atoms with Crippen LogP contribution in [0.1, 0.15) is 46.4 Å². The summed E-state index contributed by atoms with van der Waals surface area (Å²) in [4.78, 5) is 42.4. The van der Waals surface area contributed by atoms with E-state index in [1.54, 1.807) is 29.3 Å². The van der Waals surface area contributed by atoms with Crippen LogP contribution in [0, 0.1) is 0 Å². The number of hydrogen-bond donors (Lipinski definition) is 1. The van der Waals surface area contributed by atoms with Crippen molar-refractivity contribution in [3.63, 3.8) is 0 Å². The average molecular weight is 526 g/mol. The van der Waals surface area contributed by atoms with E-state index >= 15 is 0 Å². The van der Waals surface area contributed by atoms with Crippen molar-refractivity contribution in [2.45, 2.75) is 37.8 Å². The van der Waals surface area contributed by atoms with Gasteiger partial charge in [-0.25, -0.2) is 4.52 Å². The lowest BCUT2D eigenvalue weighted by Gasteiger charge is -2.38. The maximum Gasteiger partial charge on any atom is 0.277 e. The lowest BCUT2D eigenvalue weighted by Crippen LogP contribution is -2.49. The van der Waals surface area contributed by atoms with Gasteiger partial charge in [0.2, 0.25) is 0 Å². The first kappa shape index (κ1) is 25.1. The topological polar surface area (TPSA) is 100 Å². The van der Waals surface area contributed by atoms with Gasteiger partial charge in [0.05, 0.1) is 12.1 Å². The molecule has 1 N–H and O–H groups in total. The zero-order valence-corrected chi connectivity index (χ0v) is 21.7. The largest absolute Gasteiger partial charge is 0.388 e. The number of aromatic nitrogens is 3. The SMILES string of the molecule is O=C(c1ccc(-c2cccc(C(=O)N3CCC(O)(Cn4cnn5cccc5c4=O)CC3)c2)cc1)N1CCCC1. The number of carbonyl (C=O) groups is 2. The molecule has 39 heavy (non-hydrogen) atoms. The quantitative estimate of drug-likeness (QED) is 0.432. The molecule has 9 heteroatoms. The van der Waals surface area contributed by atoms with Gasteiger partial charge in [0.15, 0.2) is 0 Å². The van der Waals surface area contributed by atoms with Crippen LogP contribution < -0.4 is 5.56 Å². The fraction of sp³-hybridized carbons (Fsp3) is 0.333. The van der Waals surface area contributed by atoms with Gasteiger partial charge in [0.1, 0.15) is 11.8 Å². The zero-order chi connectivity index (χ0) is 27.0. The Morgan fingerprint density at radius 2 is 1.51 bits per heavy atom. The molecule has 6 rings (SSSR count). The van der Waals surface area contributed by atoms with Crippen LogP contribution in [-0.4, -0.2) is 72.7 Å². The Kier molecular flexibility index (Phi) is 6.52. The fourth-order valence-electron chi connectivity index (χ4n) is 5.60. The molecule has 4 aromatic rings. The highest BCUT2D eigenvalue weighted by atomic mass is 16.3. The Hall–Kier alpha value is -4.24. The van der Waals surface area contributed by atoms with Gasteiger partial charge in [0.25, 0.3) is 17.4 Å². The van der Waals surface area contributed by atoms with Crippen LogP contribution in [0.4, 0.5) is 0 Å². The molecule has 4 heterocycles. The second kappa shape index (κ2) is 10.1. The molecule has 2 aliphatic heterocycles. The van der Waals surface area contributed by atoms with Crippen LogP contribution in [0.3, 0.4) is 0 Å². The number of piperidine rings is 1. The molecular weight excluding hydrogens is 494 g/mol.